The third kappa shape index (κ3) is 3.09. The monoisotopic (exact) mass is 271 g/mol. The number of primary amides is 1. The lowest BCUT2D eigenvalue weighted by Crippen LogP contribution is -2.12. The number of nitro groups is 1. The molecule has 1 rings (SSSR count). The molecule has 20 heavy (non-hydrogen) atoms. The molecule has 8 heteroatoms. The minimum Gasteiger partial charge on any atom is -0.366 e. The van der Waals surface area contributed by atoms with Gasteiger partial charge in [0.15, 0.2) is 0 Å². The lowest BCUT2D eigenvalue weighted by Gasteiger charge is -2.08. The molecule has 0 aromatic heterocycles. The minimum absolute atomic E-state index is 0.0475. The van der Waals surface area contributed by atoms with Crippen molar-refractivity contribution in [2.24, 2.45) is 5.73 Å². The van der Waals surface area contributed by atoms with Crippen LogP contribution in [0.5, 0.6) is 0 Å². The summed E-state index contributed by atoms with van der Waals surface area (Å²) in [5, 5.41) is 30.7. The van der Waals surface area contributed by atoms with Crippen molar-refractivity contribution in [2.75, 3.05) is 5.32 Å². The molecule has 8 nitrogen and oxygen atoms in total. The highest BCUT2D eigenvalue weighted by Gasteiger charge is 2.17. The van der Waals surface area contributed by atoms with E-state index >= 15 is 0 Å². The number of carbonyl (C=O) groups is 1. The molecule has 0 radical (unpaired) electrons. The van der Waals surface area contributed by atoms with Gasteiger partial charge in [0.2, 0.25) is 5.91 Å². The molecule has 1 aromatic carbocycles. The fraction of sp³-hybridized carbons (Fsp3) is 0.0833. The molecule has 0 bridgehead atoms. The normalized spacial score (nSPS) is 8.95. The van der Waals surface area contributed by atoms with Gasteiger partial charge in [-0.05, 0) is 13.0 Å². The molecule has 0 aliphatic rings. The summed E-state index contributed by atoms with van der Waals surface area (Å²) in [6.45, 7) is 1.47. The number of anilines is 1. The maximum absolute atomic E-state index is 11.1. The third-order valence-electron chi connectivity index (χ3n) is 2.47. The quantitative estimate of drug-likeness (QED) is 0.480. The predicted molar refractivity (Wildman–Crippen MR) is 69.3 cm³/mol. The first-order valence-corrected chi connectivity index (χ1v) is 5.26. The van der Waals surface area contributed by atoms with E-state index in [4.69, 9.17) is 16.3 Å². The summed E-state index contributed by atoms with van der Waals surface area (Å²) in [5.41, 5.74) is 5.03. The Morgan fingerprint density at radius 3 is 2.50 bits per heavy atom. The van der Waals surface area contributed by atoms with E-state index in [0.29, 0.717) is 0 Å². The zero-order valence-electron chi connectivity index (χ0n) is 10.4. The fourth-order valence-corrected chi connectivity index (χ4v) is 1.42. The van der Waals surface area contributed by atoms with Gasteiger partial charge in [0, 0.05) is 23.5 Å². The van der Waals surface area contributed by atoms with Crippen molar-refractivity contribution < 1.29 is 9.72 Å². The van der Waals surface area contributed by atoms with Gasteiger partial charge in [-0.2, -0.15) is 10.5 Å². The molecule has 1 aromatic rings. The Balaban J connectivity index is 3.36. The number of carbonyl (C=O) groups excluding carboxylic acids is 1. The van der Waals surface area contributed by atoms with Crippen LogP contribution < -0.4 is 11.1 Å². The number of nitrogens with one attached hydrogen (secondary N) is 1. The van der Waals surface area contributed by atoms with E-state index in [9.17, 15) is 14.9 Å². The average molecular weight is 271 g/mol. The highest BCUT2D eigenvalue weighted by atomic mass is 16.6. The molecule has 0 heterocycles. The summed E-state index contributed by atoms with van der Waals surface area (Å²) in [6.07, 6.45) is 1.09. The highest BCUT2D eigenvalue weighted by Crippen LogP contribution is 2.27. The van der Waals surface area contributed by atoms with Gasteiger partial charge < -0.3 is 11.1 Å². The number of hydrogen-bond donors (Lipinski definition) is 2. The van der Waals surface area contributed by atoms with E-state index < -0.39 is 10.8 Å². The van der Waals surface area contributed by atoms with Crippen molar-refractivity contribution in [1.82, 2.24) is 0 Å². The minimum atomic E-state index is -0.819. The van der Waals surface area contributed by atoms with Gasteiger partial charge in [-0.15, -0.1) is 0 Å². The molecule has 0 saturated carbocycles. The van der Waals surface area contributed by atoms with Gasteiger partial charge >= 0.3 is 0 Å². The molecule has 0 aliphatic carbocycles. The topological polar surface area (TPSA) is 146 Å². The van der Waals surface area contributed by atoms with Crippen molar-refractivity contribution in [3.05, 3.63) is 45.1 Å². The summed E-state index contributed by atoms with van der Waals surface area (Å²) in [5.74, 6) is -0.819. The summed E-state index contributed by atoms with van der Waals surface area (Å²) < 4.78 is 0. The zero-order valence-corrected chi connectivity index (χ0v) is 10.4. The van der Waals surface area contributed by atoms with E-state index in [1.807, 2.05) is 0 Å². The van der Waals surface area contributed by atoms with Gasteiger partial charge in [0.05, 0.1) is 10.5 Å². The van der Waals surface area contributed by atoms with Crippen LogP contribution >= 0.6 is 0 Å². The van der Waals surface area contributed by atoms with Crippen molar-refractivity contribution in [3.8, 4) is 12.1 Å². The van der Waals surface area contributed by atoms with Crippen molar-refractivity contribution in [1.29, 1.82) is 10.5 Å². The molecule has 0 saturated heterocycles. The first-order valence-electron chi connectivity index (χ1n) is 5.26. The van der Waals surface area contributed by atoms with Crippen molar-refractivity contribution >= 4 is 17.3 Å². The van der Waals surface area contributed by atoms with Crippen molar-refractivity contribution in [3.63, 3.8) is 0 Å². The first-order chi connectivity index (χ1) is 9.40. The van der Waals surface area contributed by atoms with E-state index in [0.717, 1.165) is 12.3 Å². The number of benzene rings is 1. The van der Waals surface area contributed by atoms with Crippen LogP contribution in [0.1, 0.15) is 15.9 Å². The van der Waals surface area contributed by atoms with E-state index in [2.05, 4.69) is 5.32 Å². The smallest absolute Gasteiger partial charge is 0.275 e. The van der Waals surface area contributed by atoms with E-state index in [1.54, 1.807) is 12.1 Å². The molecule has 0 spiro atoms. The number of nitriles is 2. The Morgan fingerprint density at radius 2 is 2.05 bits per heavy atom. The van der Waals surface area contributed by atoms with Gasteiger partial charge in [0.25, 0.3) is 5.69 Å². The number of nitrogens with two attached hydrogens (primary N) is 1. The van der Waals surface area contributed by atoms with E-state index in [1.165, 1.54) is 13.0 Å². The number of rotatable bonds is 4. The zero-order chi connectivity index (χ0) is 15.3. The van der Waals surface area contributed by atoms with Crippen LogP contribution in [-0.4, -0.2) is 10.8 Å². The van der Waals surface area contributed by atoms with E-state index in [-0.39, 0.29) is 28.1 Å². The molecule has 0 fully saturated rings. The lowest BCUT2D eigenvalue weighted by molar-refractivity contribution is -0.385. The summed E-state index contributed by atoms with van der Waals surface area (Å²) in [6, 6.07) is 5.64. The Morgan fingerprint density at radius 1 is 1.45 bits per heavy atom. The number of nitro benzene ring substituents is 1. The van der Waals surface area contributed by atoms with Gasteiger partial charge in [-0.25, -0.2) is 0 Å². The van der Waals surface area contributed by atoms with Crippen molar-refractivity contribution in [2.45, 2.75) is 6.92 Å². The van der Waals surface area contributed by atoms with Crippen LogP contribution in [0.3, 0.4) is 0 Å². The molecule has 0 unspecified atom stereocenters. The standard InChI is InChI=1S/C12H9N5O3/c1-7-10(16-6-8(4-13)5-14)2-9(12(15)18)3-11(7)17(19)20/h2-3,6,16H,1H3,(H2,15,18). The number of allylic oxidation sites excluding steroid dienone is 1. The van der Waals surface area contributed by atoms with Crippen LogP contribution in [0, 0.1) is 39.7 Å². The van der Waals surface area contributed by atoms with Crippen LogP contribution in [0.25, 0.3) is 0 Å². The van der Waals surface area contributed by atoms with Crippen LogP contribution in [-0.2, 0) is 0 Å². The molecule has 3 N–H and O–H groups in total. The third-order valence-corrected chi connectivity index (χ3v) is 2.47. The number of nitrogens with zero attached hydrogens (tertiary/aromatic N) is 3. The fourth-order valence-electron chi connectivity index (χ4n) is 1.42. The second kappa shape index (κ2) is 5.98. The maximum Gasteiger partial charge on any atom is 0.275 e. The Labute approximate surface area is 113 Å². The SMILES string of the molecule is Cc1c(NC=C(C#N)C#N)cc(C(N)=O)cc1[N+](=O)[O-]. The maximum atomic E-state index is 11.1. The second-order valence-corrected chi connectivity index (χ2v) is 3.72. The molecule has 0 atom stereocenters. The molecule has 1 amide bonds. The summed E-state index contributed by atoms with van der Waals surface area (Å²) in [7, 11) is 0. The Kier molecular flexibility index (Phi) is 4.38. The van der Waals surface area contributed by atoms with Gasteiger partial charge in [-0.1, -0.05) is 0 Å². The Bertz CT molecular complexity index is 678. The largest absolute Gasteiger partial charge is 0.366 e. The lowest BCUT2D eigenvalue weighted by atomic mass is 10.1. The van der Waals surface area contributed by atoms with Gasteiger partial charge in [0.1, 0.15) is 17.7 Å². The number of hydrogen-bond acceptors (Lipinski definition) is 6. The molecular weight excluding hydrogens is 262 g/mol. The average Bonchev–Trinajstić information content (AvgIpc) is 2.40. The van der Waals surface area contributed by atoms with Crippen LogP contribution in [0.4, 0.5) is 11.4 Å². The van der Waals surface area contributed by atoms with Crippen LogP contribution in [0.15, 0.2) is 23.9 Å². The number of amides is 1. The highest BCUT2D eigenvalue weighted by molar-refractivity contribution is 5.95. The summed E-state index contributed by atoms with van der Waals surface area (Å²) >= 11 is 0. The van der Waals surface area contributed by atoms with Crippen LogP contribution in [0.2, 0.25) is 0 Å². The second-order valence-electron chi connectivity index (χ2n) is 3.72. The Hall–Kier alpha value is -3.39. The molecule has 100 valence electrons. The molecule has 0 aliphatic heterocycles. The predicted octanol–water partition coefficient (Wildman–Crippen LogP) is 1.35. The van der Waals surface area contributed by atoms with Gasteiger partial charge in [-0.3, -0.25) is 14.9 Å². The first kappa shape index (κ1) is 14.7. The summed E-state index contributed by atoms with van der Waals surface area (Å²) in [4.78, 5) is 21.4. The molecular formula is C12H9N5O3.